The van der Waals surface area contributed by atoms with Crippen molar-refractivity contribution in [1.82, 2.24) is 10.6 Å². The van der Waals surface area contributed by atoms with Gasteiger partial charge < -0.3 is 25.2 Å². The number of nitriles is 1. The fourth-order valence-corrected chi connectivity index (χ4v) is 1.64. The first-order valence-corrected chi connectivity index (χ1v) is 7.14. The maximum Gasteiger partial charge on any atom is 0.263 e. The number of aliphatic hydroxyl groups is 1. The zero-order valence-corrected chi connectivity index (χ0v) is 13.0. The van der Waals surface area contributed by atoms with E-state index in [1.54, 1.807) is 19.2 Å². The van der Waals surface area contributed by atoms with Crippen LogP contribution >= 0.6 is 0 Å². The van der Waals surface area contributed by atoms with Gasteiger partial charge in [-0.3, -0.25) is 4.79 Å². The molecule has 1 rings (SSSR count). The van der Waals surface area contributed by atoms with Crippen LogP contribution < -0.4 is 15.4 Å². The molecule has 7 nitrogen and oxygen atoms in total. The summed E-state index contributed by atoms with van der Waals surface area (Å²) in [6, 6.07) is 9.13. The predicted molar refractivity (Wildman–Crippen MR) is 84.4 cm³/mol. The predicted octanol–water partition coefficient (Wildman–Crippen LogP) is 0.317. The van der Waals surface area contributed by atoms with Crippen LogP contribution in [0.5, 0.6) is 5.75 Å². The van der Waals surface area contributed by atoms with E-state index in [0.29, 0.717) is 19.7 Å². The van der Waals surface area contributed by atoms with E-state index in [1.165, 1.54) is 6.20 Å². The Morgan fingerprint density at radius 1 is 1.35 bits per heavy atom. The van der Waals surface area contributed by atoms with E-state index in [-0.39, 0.29) is 18.8 Å². The first kappa shape index (κ1) is 18.5. The van der Waals surface area contributed by atoms with Crippen LogP contribution in [0.1, 0.15) is 5.56 Å². The van der Waals surface area contributed by atoms with Gasteiger partial charge in [0.05, 0.1) is 26.9 Å². The molecular weight excluding hydrogens is 298 g/mol. The lowest BCUT2D eigenvalue weighted by atomic mass is 10.2. The number of benzene rings is 1. The van der Waals surface area contributed by atoms with Crippen molar-refractivity contribution < 1.29 is 19.4 Å². The highest BCUT2D eigenvalue weighted by Crippen LogP contribution is 2.11. The topological polar surface area (TPSA) is 104 Å². The van der Waals surface area contributed by atoms with Crippen LogP contribution in [-0.2, 0) is 16.1 Å². The van der Waals surface area contributed by atoms with Gasteiger partial charge in [0, 0.05) is 19.3 Å². The molecule has 7 heteroatoms. The number of nitrogens with zero attached hydrogens (tertiary/aromatic N) is 1. The van der Waals surface area contributed by atoms with E-state index in [4.69, 9.17) is 19.8 Å². The van der Waals surface area contributed by atoms with Crippen molar-refractivity contribution in [2.45, 2.75) is 6.54 Å². The molecule has 0 saturated heterocycles. The summed E-state index contributed by atoms with van der Waals surface area (Å²) < 4.78 is 10.1. The molecule has 0 unspecified atom stereocenters. The Bertz CT molecular complexity index is 549. The fraction of sp³-hybridized carbons (Fsp3) is 0.375. The second kappa shape index (κ2) is 11.1. The molecule has 0 saturated carbocycles. The quantitative estimate of drug-likeness (QED) is 0.326. The number of aliphatic hydroxyl groups excluding tert-OH is 1. The van der Waals surface area contributed by atoms with Gasteiger partial charge in [-0.25, -0.2) is 0 Å². The Labute approximate surface area is 135 Å². The number of carbonyl (C=O) groups is 1. The van der Waals surface area contributed by atoms with Gasteiger partial charge in [-0.1, -0.05) is 12.1 Å². The molecule has 0 fully saturated rings. The monoisotopic (exact) mass is 319 g/mol. The van der Waals surface area contributed by atoms with Crippen molar-refractivity contribution in [3.63, 3.8) is 0 Å². The van der Waals surface area contributed by atoms with Crippen LogP contribution in [0.25, 0.3) is 0 Å². The number of carbonyl (C=O) groups excluding carboxylic acids is 1. The molecule has 23 heavy (non-hydrogen) atoms. The van der Waals surface area contributed by atoms with Gasteiger partial charge in [-0.15, -0.1) is 0 Å². The SMILES string of the molecule is COc1ccc(CNC(=O)/C(C#N)=C\NCCOCCO)cc1. The number of hydrogen-bond acceptors (Lipinski definition) is 6. The minimum absolute atomic E-state index is 0.0133. The second-order valence-electron chi connectivity index (χ2n) is 4.49. The first-order chi connectivity index (χ1) is 11.2. The molecule has 0 spiro atoms. The van der Waals surface area contributed by atoms with Gasteiger partial charge in [0.25, 0.3) is 5.91 Å². The number of amides is 1. The maximum absolute atomic E-state index is 11.9. The molecule has 124 valence electrons. The Hall–Kier alpha value is -2.56. The van der Waals surface area contributed by atoms with Crippen LogP contribution in [0.15, 0.2) is 36.0 Å². The Balaban J connectivity index is 2.39. The third kappa shape index (κ3) is 7.31. The van der Waals surface area contributed by atoms with Crippen LogP contribution in [0.4, 0.5) is 0 Å². The highest BCUT2D eigenvalue weighted by molar-refractivity contribution is 5.97. The Kier molecular flexibility index (Phi) is 8.90. The number of rotatable bonds is 10. The van der Waals surface area contributed by atoms with E-state index in [2.05, 4.69) is 10.6 Å². The molecule has 0 aliphatic carbocycles. The summed E-state index contributed by atoms with van der Waals surface area (Å²) >= 11 is 0. The average molecular weight is 319 g/mol. The minimum atomic E-state index is -0.452. The van der Waals surface area contributed by atoms with Crippen molar-refractivity contribution >= 4 is 5.91 Å². The molecule has 0 aromatic heterocycles. The van der Waals surface area contributed by atoms with Crippen molar-refractivity contribution in [3.8, 4) is 11.8 Å². The van der Waals surface area contributed by atoms with Crippen LogP contribution in [0, 0.1) is 11.3 Å². The molecular formula is C16H21N3O4. The fourth-order valence-electron chi connectivity index (χ4n) is 1.64. The number of ether oxygens (including phenoxy) is 2. The molecule has 0 atom stereocenters. The van der Waals surface area contributed by atoms with Gasteiger partial charge >= 0.3 is 0 Å². The first-order valence-electron chi connectivity index (χ1n) is 7.14. The van der Waals surface area contributed by atoms with E-state index in [1.807, 2.05) is 18.2 Å². The number of nitrogens with one attached hydrogen (secondary N) is 2. The van der Waals surface area contributed by atoms with Crippen LogP contribution in [0.2, 0.25) is 0 Å². The molecule has 0 aliphatic rings. The lowest BCUT2D eigenvalue weighted by Gasteiger charge is -2.06. The Morgan fingerprint density at radius 3 is 2.70 bits per heavy atom. The molecule has 1 amide bonds. The molecule has 1 aromatic carbocycles. The summed E-state index contributed by atoms with van der Waals surface area (Å²) in [5.41, 5.74) is 0.891. The third-order valence-corrected chi connectivity index (χ3v) is 2.85. The summed E-state index contributed by atoms with van der Waals surface area (Å²) in [6.07, 6.45) is 1.35. The maximum atomic E-state index is 11.9. The number of methoxy groups -OCH3 is 1. The zero-order chi connectivity index (χ0) is 16.9. The van der Waals surface area contributed by atoms with Crippen molar-refractivity contribution in [2.75, 3.05) is 33.5 Å². The van der Waals surface area contributed by atoms with E-state index in [9.17, 15) is 4.79 Å². The highest BCUT2D eigenvalue weighted by atomic mass is 16.5. The average Bonchev–Trinajstić information content (AvgIpc) is 2.59. The normalized spacial score (nSPS) is 10.7. The lowest BCUT2D eigenvalue weighted by molar-refractivity contribution is -0.117. The van der Waals surface area contributed by atoms with E-state index >= 15 is 0 Å². The summed E-state index contributed by atoms with van der Waals surface area (Å²) in [5.74, 6) is 0.289. The summed E-state index contributed by atoms with van der Waals surface area (Å²) in [6.45, 7) is 1.37. The van der Waals surface area contributed by atoms with Crippen molar-refractivity contribution in [1.29, 1.82) is 5.26 Å². The van der Waals surface area contributed by atoms with E-state index < -0.39 is 5.91 Å². The lowest BCUT2D eigenvalue weighted by Crippen LogP contribution is -2.25. The van der Waals surface area contributed by atoms with Crippen LogP contribution in [-0.4, -0.2) is 44.5 Å². The summed E-state index contributed by atoms with van der Waals surface area (Å²) in [5, 5.41) is 23.0. The highest BCUT2D eigenvalue weighted by Gasteiger charge is 2.08. The van der Waals surface area contributed by atoms with Gasteiger partial charge in [-0.05, 0) is 17.7 Å². The minimum Gasteiger partial charge on any atom is -0.497 e. The molecule has 0 heterocycles. The number of hydrogen-bond donors (Lipinski definition) is 3. The second-order valence-corrected chi connectivity index (χ2v) is 4.49. The van der Waals surface area contributed by atoms with Gasteiger partial charge in [0.1, 0.15) is 17.4 Å². The van der Waals surface area contributed by atoms with Crippen molar-refractivity contribution in [2.24, 2.45) is 0 Å². The summed E-state index contributed by atoms with van der Waals surface area (Å²) in [7, 11) is 1.59. The van der Waals surface area contributed by atoms with Crippen molar-refractivity contribution in [3.05, 3.63) is 41.6 Å². The molecule has 1 aromatic rings. The standard InChI is InChI=1S/C16H21N3O4/c1-22-15-4-2-13(3-5-15)11-19-16(21)14(10-17)12-18-6-8-23-9-7-20/h2-5,12,18,20H,6-9,11H2,1H3,(H,19,21)/b14-12-. The Morgan fingerprint density at radius 2 is 2.09 bits per heavy atom. The zero-order valence-electron chi connectivity index (χ0n) is 13.0. The van der Waals surface area contributed by atoms with Crippen LogP contribution in [0.3, 0.4) is 0 Å². The molecule has 0 bridgehead atoms. The molecule has 0 radical (unpaired) electrons. The van der Waals surface area contributed by atoms with Gasteiger partial charge in [-0.2, -0.15) is 5.26 Å². The third-order valence-electron chi connectivity index (χ3n) is 2.85. The largest absolute Gasteiger partial charge is 0.497 e. The molecule has 0 aliphatic heterocycles. The van der Waals surface area contributed by atoms with E-state index in [0.717, 1.165) is 11.3 Å². The van der Waals surface area contributed by atoms with Gasteiger partial charge in [0.15, 0.2) is 0 Å². The summed E-state index contributed by atoms with van der Waals surface area (Å²) in [4.78, 5) is 11.9. The van der Waals surface area contributed by atoms with Gasteiger partial charge in [0.2, 0.25) is 0 Å². The molecule has 3 N–H and O–H groups in total. The smallest absolute Gasteiger partial charge is 0.263 e.